The largest absolute Gasteiger partial charge is 0.322 e. The van der Waals surface area contributed by atoms with Crippen molar-refractivity contribution in [3.8, 4) is 5.69 Å². The van der Waals surface area contributed by atoms with Gasteiger partial charge in [-0.1, -0.05) is 23.2 Å². The van der Waals surface area contributed by atoms with Crippen LogP contribution in [0.15, 0.2) is 35.4 Å². The Hall–Kier alpha value is -2.02. The minimum Gasteiger partial charge on any atom is -0.322 e. The van der Waals surface area contributed by atoms with E-state index in [-0.39, 0.29) is 32.5 Å². The van der Waals surface area contributed by atoms with Gasteiger partial charge in [0.05, 0.1) is 45.1 Å². The van der Waals surface area contributed by atoms with Crippen molar-refractivity contribution in [3.63, 3.8) is 0 Å². The summed E-state index contributed by atoms with van der Waals surface area (Å²) in [5, 5.41) is 0.636. The highest BCUT2D eigenvalue weighted by Gasteiger charge is 2.19. The van der Waals surface area contributed by atoms with E-state index in [4.69, 9.17) is 28.9 Å². The average Bonchev–Trinajstić information content (AvgIpc) is 2.50. The quantitative estimate of drug-likeness (QED) is 0.768. The summed E-state index contributed by atoms with van der Waals surface area (Å²) < 4.78 is 14.7. The summed E-state index contributed by atoms with van der Waals surface area (Å²) >= 11 is 12.2. The molecule has 0 radical (unpaired) electrons. The van der Waals surface area contributed by atoms with Gasteiger partial charge in [0.1, 0.15) is 11.6 Å². The minimum absolute atomic E-state index is 0.146. The fourth-order valence-corrected chi connectivity index (χ4v) is 2.75. The number of aromatic nitrogens is 3. The summed E-state index contributed by atoms with van der Waals surface area (Å²) in [4.78, 5) is 21.0. The number of fused-ring (bicyclic) bond motifs is 1. The molecule has 8 heteroatoms. The van der Waals surface area contributed by atoms with Crippen molar-refractivity contribution in [2.45, 2.75) is 13.0 Å². The second-order valence-corrected chi connectivity index (χ2v) is 5.83. The normalized spacial score (nSPS) is 12.6. The molecule has 0 bridgehead atoms. The lowest BCUT2D eigenvalue weighted by Gasteiger charge is -2.16. The molecule has 0 aliphatic rings. The molecule has 23 heavy (non-hydrogen) atoms. The van der Waals surface area contributed by atoms with E-state index >= 15 is 0 Å². The number of hydrogen-bond donors (Lipinski definition) is 1. The summed E-state index contributed by atoms with van der Waals surface area (Å²) in [6.07, 6.45) is 2.39. The van der Waals surface area contributed by atoms with Crippen LogP contribution in [0.25, 0.3) is 16.6 Å². The first-order chi connectivity index (χ1) is 10.9. The highest BCUT2D eigenvalue weighted by molar-refractivity contribution is 6.39. The third-order valence-electron chi connectivity index (χ3n) is 3.31. The zero-order valence-corrected chi connectivity index (χ0v) is 13.4. The molecule has 5 nitrogen and oxygen atoms in total. The van der Waals surface area contributed by atoms with Crippen LogP contribution in [0.3, 0.4) is 0 Å². The molecule has 0 saturated carbocycles. The first-order valence-electron chi connectivity index (χ1n) is 6.67. The van der Waals surface area contributed by atoms with Gasteiger partial charge in [0.2, 0.25) is 0 Å². The number of hydrogen-bond acceptors (Lipinski definition) is 4. The van der Waals surface area contributed by atoms with E-state index in [1.54, 1.807) is 13.0 Å². The first-order valence-corrected chi connectivity index (χ1v) is 7.43. The van der Waals surface area contributed by atoms with Crippen LogP contribution in [-0.2, 0) is 0 Å². The topological polar surface area (TPSA) is 73.8 Å². The van der Waals surface area contributed by atoms with Crippen LogP contribution in [0.5, 0.6) is 0 Å². The molecule has 2 aromatic heterocycles. The third-order valence-corrected chi connectivity index (χ3v) is 3.93. The lowest BCUT2D eigenvalue weighted by molar-refractivity contribution is 0.616. The Labute approximate surface area is 140 Å². The zero-order chi connectivity index (χ0) is 16.7. The number of halogens is 3. The molecule has 0 saturated heterocycles. The molecule has 1 aromatic carbocycles. The molecule has 0 amide bonds. The third kappa shape index (κ3) is 2.69. The summed E-state index contributed by atoms with van der Waals surface area (Å²) in [6.45, 7) is 1.66. The van der Waals surface area contributed by atoms with Gasteiger partial charge in [-0.05, 0) is 19.1 Å². The van der Waals surface area contributed by atoms with E-state index in [2.05, 4.69) is 9.97 Å². The van der Waals surface area contributed by atoms with Gasteiger partial charge in [-0.25, -0.2) is 9.37 Å². The fraction of sp³-hybridized carbons (Fsp3) is 0.133. The molecule has 3 rings (SSSR count). The maximum Gasteiger partial charge on any atom is 0.267 e. The second kappa shape index (κ2) is 5.88. The average molecular weight is 353 g/mol. The first kappa shape index (κ1) is 15.9. The lowest BCUT2D eigenvalue weighted by Crippen LogP contribution is -2.28. The van der Waals surface area contributed by atoms with Gasteiger partial charge in [-0.3, -0.25) is 14.3 Å². The lowest BCUT2D eigenvalue weighted by atomic mass is 10.2. The van der Waals surface area contributed by atoms with E-state index < -0.39 is 17.4 Å². The van der Waals surface area contributed by atoms with Gasteiger partial charge in [0.15, 0.2) is 0 Å². The van der Waals surface area contributed by atoms with Crippen molar-refractivity contribution in [3.05, 3.63) is 62.6 Å². The second-order valence-electron chi connectivity index (χ2n) is 5.01. The van der Waals surface area contributed by atoms with E-state index in [0.717, 1.165) is 6.20 Å². The Balaban J connectivity index is 2.50. The highest BCUT2D eigenvalue weighted by atomic mass is 35.5. The monoisotopic (exact) mass is 352 g/mol. The smallest absolute Gasteiger partial charge is 0.267 e. The van der Waals surface area contributed by atoms with Crippen molar-refractivity contribution < 1.29 is 4.39 Å². The van der Waals surface area contributed by atoms with Crippen molar-refractivity contribution in [2.75, 3.05) is 0 Å². The van der Waals surface area contributed by atoms with Crippen LogP contribution in [0.4, 0.5) is 4.39 Å². The predicted octanol–water partition coefficient (Wildman–Crippen LogP) is 3.25. The number of rotatable bonds is 2. The number of nitrogens with two attached hydrogens (primary N) is 1. The molecule has 2 heterocycles. The van der Waals surface area contributed by atoms with Crippen molar-refractivity contribution in [1.82, 2.24) is 14.5 Å². The Morgan fingerprint density at radius 2 is 1.96 bits per heavy atom. The Bertz CT molecular complexity index is 972. The van der Waals surface area contributed by atoms with Crippen LogP contribution >= 0.6 is 23.2 Å². The molecule has 0 aliphatic carbocycles. The minimum atomic E-state index is -0.592. The highest BCUT2D eigenvalue weighted by Crippen LogP contribution is 2.27. The van der Waals surface area contributed by atoms with Crippen molar-refractivity contribution in [2.24, 2.45) is 5.73 Å². The van der Waals surface area contributed by atoms with E-state index in [9.17, 15) is 9.18 Å². The van der Waals surface area contributed by atoms with Gasteiger partial charge in [-0.2, -0.15) is 0 Å². The molecule has 2 N–H and O–H groups in total. The van der Waals surface area contributed by atoms with Crippen molar-refractivity contribution in [1.29, 1.82) is 0 Å². The van der Waals surface area contributed by atoms with Crippen LogP contribution in [0.2, 0.25) is 10.0 Å². The molecule has 118 valence electrons. The molecule has 0 fully saturated rings. The van der Waals surface area contributed by atoms with Gasteiger partial charge in [-0.15, -0.1) is 0 Å². The molecule has 0 spiro atoms. The SMILES string of the molecule is CC(N)c1nc2c(Cl)ccc(Cl)c2c(=O)n1-c1cncc(F)c1. The van der Waals surface area contributed by atoms with Gasteiger partial charge in [0, 0.05) is 6.07 Å². The predicted molar refractivity (Wildman–Crippen MR) is 87.7 cm³/mol. The Kier molecular flexibility index (Phi) is 4.06. The van der Waals surface area contributed by atoms with Gasteiger partial charge in [0.25, 0.3) is 5.56 Å². The molecule has 0 aliphatic heterocycles. The molecule has 1 atom stereocenters. The molecule has 1 unspecified atom stereocenters. The number of pyridine rings is 1. The zero-order valence-electron chi connectivity index (χ0n) is 11.9. The van der Waals surface area contributed by atoms with E-state index in [1.807, 2.05) is 0 Å². The Morgan fingerprint density at radius 3 is 2.61 bits per heavy atom. The van der Waals surface area contributed by atoms with Crippen LogP contribution < -0.4 is 11.3 Å². The van der Waals surface area contributed by atoms with E-state index in [1.165, 1.54) is 22.9 Å². The van der Waals surface area contributed by atoms with E-state index in [0.29, 0.717) is 0 Å². The van der Waals surface area contributed by atoms with Crippen LogP contribution in [-0.4, -0.2) is 14.5 Å². The van der Waals surface area contributed by atoms with Crippen LogP contribution in [0.1, 0.15) is 18.8 Å². The summed E-state index contributed by atoms with van der Waals surface area (Å²) in [7, 11) is 0. The Morgan fingerprint density at radius 1 is 1.26 bits per heavy atom. The summed E-state index contributed by atoms with van der Waals surface area (Å²) in [6, 6.07) is 3.64. The number of nitrogens with zero attached hydrogens (tertiary/aromatic N) is 3. The van der Waals surface area contributed by atoms with Crippen LogP contribution in [0, 0.1) is 5.82 Å². The van der Waals surface area contributed by atoms with Gasteiger partial charge < -0.3 is 5.73 Å². The summed E-state index contributed by atoms with van der Waals surface area (Å²) in [5.41, 5.74) is 5.92. The maximum atomic E-state index is 13.5. The van der Waals surface area contributed by atoms with Gasteiger partial charge >= 0.3 is 0 Å². The molecular weight excluding hydrogens is 342 g/mol. The fourth-order valence-electron chi connectivity index (χ4n) is 2.31. The summed E-state index contributed by atoms with van der Waals surface area (Å²) in [5.74, 6) is -0.346. The maximum absolute atomic E-state index is 13.5. The van der Waals surface area contributed by atoms with Crippen molar-refractivity contribution >= 4 is 34.1 Å². The number of benzene rings is 1. The molecule has 3 aromatic rings. The standard InChI is InChI=1S/C15H11Cl2FN4O/c1-7(19)14-21-13-11(17)3-2-10(16)12(13)15(23)22(14)9-4-8(18)5-20-6-9/h2-7H,19H2,1H3. The molecular formula is C15H11Cl2FN4O.